The fourth-order valence-electron chi connectivity index (χ4n) is 1.96. The fraction of sp³-hybridized carbons (Fsp3) is 0.643. The molecule has 1 amide bonds. The molecule has 0 fully saturated rings. The van der Waals surface area contributed by atoms with Gasteiger partial charge in [-0.2, -0.15) is 0 Å². The molecule has 24 heavy (non-hydrogen) atoms. The van der Waals surface area contributed by atoms with E-state index in [1.165, 1.54) is 23.1 Å². The van der Waals surface area contributed by atoms with Crippen molar-refractivity contribution in [2.24, 2.45) is 0 Å². The molecule has 0 aliphatic carbocycles. The molecule has 0 saturated heterocycles. The van der Waals surface area contributed by atoms with Crippen LogP contribution in [0.4, 0.5) is 5.13 Å². The van der Waals surface area contributed by atoms with Gasteiger partial charge < -0.3 is 9.30 Å². The maximum Gasteiger partial charge on any atom is 0.236 e. The maximum atomic E-state index is 12.1. The van der Waals surface area contributed by atoms with Crippen LogP contribution in [0.1, 0.15) is 37.5 Å². The molecule has 0 atom stereocenters. The second-order valence-corrected chi connectivity index (χ2v) is 7.34. The first-order valence-electron chi connectivity index (χ1n) is 7.72. The lowest BCUT2D eigenvalue weighted by Crippen LogP contribution is -2.15. The molecule has 0 bridgehead atoms. The Morgan fingerprint density at radius 1 is 1.33 bits per heavy atom. The van der Waals surface area contributed by atoms with Gasteiger partial charge in [0.2, 0.25) is 11.0 Å². The molecule has 2 aromatic rings. The van der Waals surface area contributed by atoms with Gasteiger partial charge in [-0.3, -0.25) is 10.1 Å². The van der Waals surface area contributed by atoms with E-state index in [-0.39, 0.29) is 17.6 Å². The van der Waals surface area contributed by atoms with Crippen molar-refractivity contribution < 1.29 is 9.53 Å². The summed E-state index contributed by atoms with van der Waals surface area (Å²) < 4.78 is 7.15. The van der Waals surface area contributed by atoms with Crippen LogP contribution >= 0.6 is 23.1 Å². The summed E-state index contributed by atoms with van der Waals surface area (Å²) in [6, 6.07) is 0. The van der Waals surface area contributed by atoms with E-state index in [0.717, 1.165) is 22.4 Å². The van der Waals surface area contributed by atoms with Crippen LogP contribution in [0.25, 0.3) is 0 Å². The molecule has 0 saturated carbocycles. The monoisotopic (exact) mass is 370 g/mol. The van der Waals surface area contributed by atoms with E-state index in [1.807, 2.05) is 11.5 Å². The number of carbonyl (C=O) groups is 1. The number of methoxy groups -OCH3 is 1. The molecule has 0 aromatic carbocycles. The number of rotatable bonds is 9. The molecular weight excluding hydrogens is 348 g/mol. The molecule has 2 aromatic heterocycles. The highest BCUT2D eigenvalue weighted by Crippen LogP contribution is 2.22. The van der Waals surface area contributed by atoms with Crippen molar-refractivity contribution in [2.75, 3.05) is 24.8 Å². The number of anilines is 1. The van der Waals surface area contributed by atoms with Crippen molar-refractivity contribution in [1.82, 2.24) is 25.0 Å². The lowest BCUT2D eigenvalue weighted by Gasteiger charge is -2.11. The Hall–Kier alpha value is -1.52. The van der Waals surface area contributed by atoms with Gasteiger partial charge in [-0.05, 0) is 6.42 Å². The minimum atomic E-state index is -0.133. The van der Waals surface area contributed by atoms with Crippen LogP contribution in [0.3, 0.4) is 0 Å². The second-order valence-electron chi connectivity index (χ2n) is 5.33. The zero-order valence-electron chi connectivity index (χ0n) is 14.3. The smallest absolute Gasteiger partial charge is 0.236 e. The van der Waals surface area contributed by atoms with Gasteiger partial charge >= 0.3 is 0 Å². The molecule has 1 N–H and O–H groups in total. The molecule has 0 radical (unpaired) electrons. The molecule has 0 aliphatic rings. The van der Waals surface area contributed by atoms with Crippen molar-refractivity contribution in [3.8, 4) is 0 Å². The largest absolute Gasteiger partial charge is 0.383 e. The van der Waals surface area contributed by atoms with Crippen molar-refractivity contribution in [3.05, 3.63) is 10.8 Å². The lowest BCUT2D eigenvalue weighted by molar-refractivity contribution is -0.113. The lowest BCUT2D eigenvalue weighted by atomic mass is 10.2. The highest BCUT2D eigenvalue weighted by Gasteiger charge is 2.16. The van der Waals surface area contributed by atoms with E-state index in [2.05, 4.69) is 39.6 Å². The van der Waals surface area contributed by atoms with Crippen LogP contribution < -0.4 is 5.32 Å². The number of ether oxygens (including phenoxy) is 1. The quantitative estimate of drug-likeness (QED) is 0.676. The predicted molar refractivity (Wildman–Crippen MR) is 94.6 cm³/mol. The Morgan fingerprint density at radius 2 is 2.12 bits per heavy atom. The Bertz CT molecular complexity index is 670. The average Bonchev–Trinajstić information content (AvgIpc) is 3.17. The average molecular weight is 371 g/mol. The summed E-state index contributed by atoms with van der Waals surface area (Å²) in [5.41, 5.74) is 0. The van der Waals surface area contributed by atoms with Crippen LogP contribution in [0.2, 0.25) is 0 Å². The third-order valence-corrected chi connectivity index (χ3v) is 5.08. The van der Waals surface area contributed by atoms with Gasteiger partial charge in [-0.1, -0.05) is 43.9 Å². The molecule has 10 heteroatoms. The molecule has 2 heterocycles. The second kappa shape index (κ2) is 9.09. The van der Waals surface area contributed by atoms with E-state index in [4.69, 9.17) is 4.74 Å². The summed E-state index contributed by atoms with van der Waals surface area (Å²) >= 11 is 2.75. The van der Waals surface area contributed by atoms with Crippen molar-refractivity contribution in [2.45, 2.75) is 44.8 Å². The normalized spacial score (nSPS) is 11.2. The van der Waals surface area contributed by atoms with Gasteiger partial charge in [-0.25, -0.2) is 0 Å². The summed E-state index contributed by atoms with van der Waals surface area (Å²) in [5.74, 6) is 1.26. The van der Waals surface area contributed by atoms with Crippen LogP contribution in [-0.2, 0) is 22.5 Å². The SMILES string of the molecule is CCc1nnc(NC(=O)CSc2nnc(C(C)C)n2CCOC)s1. The summed E-state index contributed by atoms with van der Waals surface area (Å²) in [6.45, 7) is 7.37. The van der Waals surface area contributed by atoms with Gasteiger partial charge in [0.1, 0.15) is 10.8 Å². The zero-order valence-corrected chi connectivity index (χ0v) is 15.9. The third-order valence-electron chi connectivity index (χ3n) is 3.13. The standard InChI is InChI=1S/C14H22N6O2S2/c1-5-11-16-18-13(24-11)15-10(21)8-23-14-19-17-12(9(2)3)20(14)6-7-22-4/h9H,5-8H2,1-4H3,(H,15,18,21). The van der Waals surface area contributed by atoms with Crippen LogP contribution in [0.15, 0.2) is 5.16 Å². The Labute approximate surface area is 149 Å². The summed E-state index contributed by atoms with van der Waals surface area (Å²) in [7, 11) is 1.66. The molecule has 2 rings (SSSR count). The molecule has 0 aliphatic heterocycles. The van der Waals surface area contributed by atoms with Crippen molar-refractivity contribution in [1.29, 1.82) is 0 Å². The first kappa shape index (κ1) is 18.8. The number of thioether (sulfide) groups is 1. The minimum absolute atomic E-state index is 0.133. The number of hydrogen-bond donors (Lipinski definition) is 1. The van der Waals surface area contributed by atoms with Gasteiger partial charge in [0.25, 0.3) is 0 Å². The van der Waals surface area contributed by atoms with E-state index in [1.54, 1.807) is 7.11 Å². The molecule has 8 nitrogen and oxygen atoms in total. The molecule has 132 valence electrons. The Morgan fingerprint density at radius 3 is 2.75 bits per heavy atom. The van der Waals surface area contributed by atoms with Crippen LogP contribution in [0, 0.1) is 0 Å². The first-order valence-corrected chi connectivity index (χ1v) is 9.52. The van der Waals surface area contributed by atoms with Gasteiger partial charge in [0.15, 0.2) is 5.16 Å². The van der Waals surface area contributed by atoms with E-state index in [9.17, 15) is 4.79 Å². The summed E-state index contributed by atoms with van der Waals surface area (Å²) in [5, 5.41) is 21.3. The van der Waals surface area contributed by atoms with Gasteiger partial charge in [-0.15, -0.1) is 20.4 Å². The van der Waals surface area contributed by atoms with E-state index < -0.39 is 0 Å². The van der Waals surface area contributed by atoms with Crippen LogP contribution in [0.5, 0.6) is 0 Å². The Balaban J connectivity index is 1.96. The van der Waals surface area contributed by atoms with Gasteiger partial charge in [0, 0.05) is 19.6 Å². The van der Waals surface area contributed by atoms with Gasteiger partial charge in [0.05, 0.1) is 12.4 Å². The summed E-state index contributed by atoms with van der Waals surface area (Å²) in [4.78, 5) is 12.1. The maximum absolute atomic E-state index is 12.1. The number of nitrogens with zero attached hydrogens (tertiary/aromatic N) is 5. The Kier molecular flexibility index (Phi) is 7.13. The number of nitrogens with one attached hydrogen (secondary N) is 1. The topological polar surface area (TPSA) is 94.8 Å². The van der Waals surface area contributed by atoms with E-state index >= 15 is 0 Å². The summed E-state index contributed by atoms with van der Waals surface area (Å²) in [6.07, 6.45) is 0.808. The van der Waals surface area contributed by atoms with E-state index in [0.29, 0.717) is 18.3 Å². The zero-order chi connectivity index (χ0) is 17.5. The predicted octanol–water partition coefficient (Wildman–Crippen LogP) is 2.19. The highest BCUT2D eigenvalue weighted by molar-refractivity contribution is 7.99. The third kappa shape index (κ3) is 4.99. The molecular formula is C14H22N6O2S2. The molecule has 0 spiro atoms. The van der Waals surface area contributed by atoms with Crippen molar-refractivity contribution in [3.63, 3.8) is 0 Å². The number of aryl methyl sites for hydroxylation is 1. The van der Waals surface area contributed by atoms with Crippen LogP contribution in [-0.4, -0.2) is 50.3 Å². The first-order chi connectivity index (χ1) is 11.5. The van der Waals surface area contributed by atoms with Crippen molar-refractivity contribution >= 4 is 34.1 Å². The number of aromatic nitrogens is 5. The number of amides is 1. The number of carbonyl (C=O) groups excluding carboxylic acids is 1. The highest BCUT2D eigenvalue weighted by atomic mass is 32.2. The number of hydrogen-bond acceptors (Lipinski definition) is 8. The minimum Gasteiger partial charge on any atom is -0.383 e. The fourth-order valence-corrected chi connectivity index (χ4v) is 3.43. The molecule has 0 unspecified atom stereocenters.